The van der Waals surface area contributed by atoms with Crippen molar-refractivity contribution in [2.45, 2.75) is 51.5 Å². The van der Waals surface area contributed by atoms with E-state index in [2.05, 4.69) is 11.1 Å². The van der Waals surface area contributed by atoms with Crippen molar-refractivity contribution in [3.05, 3.63) is 10.6 Å². The van der Waals surface area contributed by atoms with Crippen molar-refractivity contribution in [1.82, 2.24) is 4.98 Å². The van der Waals surface area contributed by atoms with Crippen LogP contribution in [0.15, 0.2) is 0 Å². The van der Waals surface area contributed by atoms with Gasteiger partial charge in [-0.1, -0.05) is 0 Å². The lowest BCUT2D eigenvalue weighted by Crippen LogP contribution is -2.28. The Morgan fingerprint density at radius 3 is 3.10 bits per heavy atom. The Balaban J connectivity index is 2.23. The van der Waals surface area contributed by atoms with Crippen molar-refractivity contribution >= 4 is 22.4 Å². The van der Waals surface area contributed by atoms with Crippen LogP contribution in [-0.4, -0.2) is 30.6 Å². The average molecular weight is 307 g/mol. The molecule has 1 heterocycles. The lowest BCUT2D eigenvalue weighted by atomic mass is 9.91. The minimum atomic E-state index is -0.224. The predicted molar refractivity (Wildman–Crippen MR) is 82.5 cm³/mol. The van der Waals surface area contributed by atoms with Crippen molar-refractivity contribution in [2.75, 3.05) is 18.6 Å². The topological polar surface area (TPSA) is 66.2 Å². The van der Waals surface area contributed by atoms with Crippen LogP contribution in [0.25, 0.3) is 0 Å². The van der Waals surface area contributed by atoms with Gasteiger partial charge < -0.3 is 9.64 Å². The van der Waals surface area contributed by atoms with E-state index in [0.29, 0.717) is 13.0 Å². The van der Waals surface area contributed by atoms with Crippen LogP contribution in [0.3, 0.4) is 0 Å². The number of carbonyl (C=O) groups excluding carboxylic acids is 1. The molecule has 0 aromatic carbocycles. The van der Waals surface area contributed by atoms with Crippen LogP contribution in [0.1, 0.15) is 49.6 Å². The molecule has 1 aliphatic rings. The molecular formula is C15H21N3O2S. The monoisotopic (exact) mass is 307 g/mol. The molecule has 6 heteroatoms. The second-order valence-electron chi connectivity index (χ2n) is 5.32. The summed E-state index contributed by atoms with van der Waals surface area (Å²) in [5, 5.41) is 9.70. The number of carbonyl (C=O) groups is 1. The zero-order chi connectivity index (χ0) is 15.4. The molecule has 21 heavy (non-hydrogen) atoms. The van der Waals surface area contributed by atoms with E-state index in [1.807, 2.05) is 25.8 Å². The number of esters is 1. The molecule has 0 N–H and O–H groups in total. The Kier molecular flexibility index (Phi) is 5.18. The summed E-state index contributed by atoms with van der Waals surface area (Å²) < 4.78 is 5.16. The zero-order valence-corrected chi connectivity index (χ0v) is 13.6. The van der Waals surface area contributed by atoms with Crippen molar-refractivity contribution in [2.24, 2.45) is 0 Å². The van der Waals surface area contributed by atoms with E-state index >= 15 is 0 Å². The number of hydrogen-bond donors (Lipinski definition) is 0. The third kappa shape index (κ3) is 3.35. The summed E-state index contributed by atoms with van der Waals surface area (Å²) >= 11 is 1.63. The second kappa shape index (κ2) is 6.90. The smallest absolute Gasteiger partial charge is 0.315 e. The molecule has 5 nitrogen and oxygen atoms in total. The molecule has 0 bridgehead atoms. The normalized spacial score (nSPS) is 18.5. The van der Waals surface area contributed by atoms with Crippen molar-refractivity contribution in [3.8, 4) is 6.07 Å². The van der Waals surface area contributed by atoms with Gasteiger partial charge in [0.15, 0.2) is 5.13 Å². The van der Waals surface area contributed by atoms with E-state index in [0.717, 1.165) is 30.1 Å². The van der Waals surface area contributed by atoms with Crippen LogP contribution in [0.5, 0.6) is 0 Å². The second-order valence-corrected chi connectivity index (χ2v) is 6.39. The number of ether oxygens (including phenoxy) is 1. The van der Waals surface area contributed by atoms with E-state index in [9.17, 15) is 4.79 Å². The zero-order valence-electron chi connectivity index (χ0n) is 12.8. The van der Waals surface area contributed by atoms with Crippen LogP contribution < -0.4 is 4.90 Å². The highest BCUT2D eigenvalue weighted by molar-refractivity contribution is 7.15. The lowest BCUT2D eigenvalue weighted by Gasteiger charge is -2.21. The summed E-state index contributed by atoms with van der Waals surface area (Å²) in [6.07, 6.45) is 3.24. The van der Waals surface area contributed by atoms with Crippen LogP contribution in [-0.2, 0) is 16.0 Å². The summed E-state index contributed by atoms with van der Waals surface area (Å²) in [6.45, 7) is 4.23. The molecule has 2 atom stereocenters. The van der Waals surface area contributed by atoms with Crippen LogP contribution in [0.4, 0.5) is 5.13 Å². The van der Waals surface area contributed by atoms with Gasteiger partial charge in [0.2, 0.25) is 0 Å². The van der Waals surface area contributed by atoms with Crippen LogP contribution in [0.2, 0.25) is 0 Å². The number of nitrogens with zero attached hydrogens (tertiary/aromatic N) is 3. The van der Waals surface area contributed by atoms with Crippen LogP contribution in [0, 0.1) is 11.3 Å². The average Bonchev–Trinajstić information content (AvgIpc) is 2.90. The number of aryl methyl sites for hydroxylation is 1. The Hall–Kier alpha value is -1.61. The van der Waals surface area contributed by atoms with Gasteiger partial charge in [-0.25, -0.2) is 4.98 Å². The van der Waals surface area contributed by atoms with Crippen molar-refractivity contribution < 1.29 is 9.53 Å². The highest BCUT2D eigenvalue weighted by atomic mass is 32.1. The number of fused-ring (bicyclic) bond motifs is 1. The third-order valence-electron chi connectivity index (χ3n) is 3.86. The summed E-state index contributed by atoms with van der Waals surface area (Å²) in [7, 11) is 1.95. The number of rotatable bonds is 5. The summed E-state index contributed by atoms with van der Waals surface area (Å²) in [5.41, 5.74) is 0.885. The van der Waals surface area contributed by atoms with Crippen LogP contribution >= 0.6 is 11.3 Å². The van der Waals surface area contributed by atoms with Gasteiger partial charge in [-0.15, -0.1) is 11.3 Å². The minimum Gasteiger partial charge on any atom is -0.465 e. The number of aromatic nitrogens is 1. The number of nitriles is 1. The largest absolute Gasteiger partial charge is 0.465 e. The first-order chi connectivity index (χ1) is 10.1. The maximum atomic E-state index is 12.1. The highest BCUT2D eigenvalue weighted by Gasteiger charge is 2.32. The van der Waals surface area contributed by atoms with Crippen molar-refractivity contribution in [3.63, 3.8) is 0 Å². The van der Waals surface area contributed by atoms with E-state index in [-0.39, 0.29) is 17.9 Å². The summed E-state index contributed by atoms with van der Waals surface area (Å²) in [5.74, 6) is -0.388. The van der Waals surface area contributed by atoms with E-state index in [1.165, 1.54) is 4.88 Å². The Morgan fingerprint density at radius 2 is 2.43 bits per heavy atom. The highest BCUT2D eigenvalue weighted by Crippen LogP contribution is 2.38. The van der Waals surface area contributed by atoms with Gasteiger partial charge in [0.1, 0.15) is 5.92 Å². The van der Waals surface area contributed by atoms with E-state index in [1.54, 1.807) is 11.3 Å². The fourth-order valence-corrected chi connectivity index (χ4v) is 3.71. The first kappa shape index (κ1) is 15.8. The summed E-state index contributed by atoms with van der Waals surface area (Å²) in [4.78, 5) is 19.9. The van der Waals surface area contributed by atoms with E-state index < -0.39 is 0 Å². The molecule has 2 unspecified atom stereocenters. The van der Waals surface area contributed by atoms with Crippen molar-refractivity contribution in [1.29, 1.82) is 5.26 Å². The molecule has 0 spiro atoms. The molecule has 2 rings (SSSR count). The number of hydrogen-bond acceptors (Lipinski definition) is 6. The first-order valence-corrected chi connectivity index (χ1v) is 8.16. The summed E-state index contributed by atoms with van der Waals surface area (Å²) in [6, 6.07) is 2.30. The third-order valence-corrected chi connectivity index (χ3v) is 5.09. The Morgan fingerprint density at radius 1 is 1.67 bits per heavy atom. The molecule has 0 radical (unpaired) electrons. The fourth-order valence-electron chi connectivity index (χ4n) is 2.49. The first-order valence-electron chi connectivity index (χ1n) is 7.34. The number of anilines is 1. The molecule has 0 fully saturated rings. The minimum absolute atomic E-state index is 0.114. The Labute approximate surface area is 129 Å². The molecule has 0 aliphatic heterocycles. The maximum absolute atomic E-state index is 12.1. The predicted octanol–water partition coefficient (Wildman–Crippen LogP) is 2.86. The molecule has 0 saturated heterocycles. The Bertz CT molecular complexity index is 550. The lowest BCUT2D eigenvalue weighted by molar-refractivity contribution is -0.145. The number of thiazole rings is 1. The maximum Gasteiger partial charge on any atom is 0.315 e. The van der Waals surface area contributed by atoms with Gasteiger partial charge in [-0.2, -0.15) is 5.26 Å². The molecule has 1 aromatic heterocycles. The quantitative estimate of drug-likeness (QED) is 0.783. The molecule has 1 aromatic rings. The molecule has 1 aliphatic carbocycles. The van der Waals surface area contributed by atoms with Gasteiger partial charge >= 0.3 is 5.97 Å². The SMILES string of the molecule is CCOC(=O)C1CCCc2sc(N(C)C(C)CC#N)nc21. The fraction of sp³-hybridized carbons (Fsp3) is 0.667. The molecule has 114 valence electrons. The standard InChI is InChI=1S/C15H21N3O2S/c1-4-20-14(19)11-6-5-7-12-13(11)17-15(21-12)18(3)10(2)8-9-16/h10-11H,4-8H2,1-3H3. The van der Waals surface area contributed by atoms with Gasteiger partial charge in [-0.3, -0.25) is 4.79 Å². The van der Waals surface area contributed by atoms with Gasteiger partial charge in [0.05, 0.1) is 24.8 Å². The molecule has 0 saturated carbocycles. The van der Waals surface area contributed by atoms with Gasteiger partial charge in [-0.05, 0) is 33.1 Å². The van der Waals surface area contributed by atoms with Gasteiger partial charge in [0, 0.05) is 18.0 Å². The molecule has 0 amide bonds. The molecular weight excluding hydrogens is 286 g/mol. The van der Waals surface area contributed by atoms with Gasteiger partial charge in [0.25, 0.3) is 0 Å². The van der Waals surface area contributed by atoms with E-state index in [4.69, 9.17) is 10.00 Å².